The number of nitriles is 1. The molecule has 1 unspecified atom stereocenters. The molecule has 1 heterocycles. The molecule has 2 aromatic rings. The van der Waals surface area contributed by atoms with Crippen LogP contribution in [-0.4, -0.2) is 24.0 Å². The van der Waals surface area contributed by atoms with Gasteiger partial charge in [0.05, 0.1) is 11.6 Å². The number of nitrogens with zero attached hydrogens (tertiary/aromatic N) is 2. The second kappa shape index (κ2) is 7.02. The summed E-state index contributed by atoms with van der Waals surface area (Å²) < 4.78 is 0. The van der Waals surface area contributed by atoms with Gasteiger partial charge in [0.15, 0.2) is 0 Å². The standard InChI is InChI=1S/C23H26N2/c1-17-3-2-13-25(17)14-12-22-15-23(22)21-10-8-20(9-11-21)19-6-4-18(16-24)5-7-19/h4-11,17,22-23H,2-3,12-15H2,1H3/t17-,22?,23-/m1/s1. The molecule has 0 N–H and O–H groups in total. The van der Waals surface area contributed by atoms with Gasteiger partial charge >= 0.3 is 0 Å². The SMILES string of the molecule is C[C@@H]1CCCN1CCC1C[C@@H]1c1ccc(-c2ccc(C#N)cc2)cc1. The van der Waals surface area contributed by atoms with Gasteiger partial charge in [-0.2, -0.15) is 5.26 Å². The van der Waals surface area contributed by atoms with Gasteiger partial charge in [-0.15, -0.1) is 0 Å². The van der Waals surface area contributed by atoms with Crippen LogP contribution in [0.3, 0.4) is 0 Å². The topological polar surface area (TPSA) is 27.0 Å². The fraction of sp³-hybridized carbons (Fsp3) is 0.435. The van der Waals surface area contributed by atoms with Crippen molar-refractivity contribution in [2.45, 2.75) is 44.6 Å². The van der Waals surface area contributed by atoms with Crippen LogP contribution in [0.2, 0.25) is 0 Å². The van der Waals surface area contributed by atoms with E-state index >= 15 is 0 Å². The monoisotopic (exact) mass is 330 g/mol. The van der Waals surface area contributed by atoms with Crippen LogP contribution in [0.15, 0.2) is 48.5 Å². The largest absolute Gasteiger partial charge is 0.301 e. The third kappa shape index (κ3) is 3.62. The number of benzene rings is 2. The Morgan fingerprint density at radius 2 is 1.72 bits per heavy atom. The molecule has 3 atom stereocenters. The summed E-state index contributed by atoms with van der Waals surface area (Å²) in [5, 5.41) is 8.90. The second-order valence-electron chi connectivity index (χ2n) is 7.73. The lowest BCUT2D eigenvalue weighted by atomic mass is 10.0. The van der Waals surface area contributed by atoms with Crippen LogP contribution in [0.1, 0.15) is 49.7 Å². The van der Waals surface area contributed by atoms with Crippen molar-refractivity contribution in [1.82, 2.24) is 4.90 Å². The van der Waals surface area contributed by atoms with Gasteiger partial charge in [0.2, 0.25) is 0 Å². The van der Waals surface area contributed by atoms with Crippen LogP contribution in [0, 0.1) is 17.2 Å². The molecule has 4 rings (SSSR count). The lowest BCUT2D eigenvalue weighted by molar-refractivity contribution is 0.260. The maximum Gasteiger partial charge on any atom is 0.0991 e. The molecular weight excluding hydrogens is 304 g/mol. The Hall–Kier alpha value is -2.11. The van der Waals surface area contributed by atoms with Gasteiger partial charge in [-0.3, -0.25) is 0 Å². The van der Waals surface area contributed by atoms with Gasteiger partial charge in [-0.1, -0.05) is 36.4 Å². The highest BCUT2D eigenvalue weighted by atomic mass is 15.2. The predicted octanol–water partition coefficient (Wildman–Crippen LogP) is 5.20. The summed E-state index contributed by atoms with van der Waals surface area (Å²) in [6.07, 6.45) is 5.47. The Morgan fingerprint density at radius 1 is 1.04 bits per heavy atom. The number of hydrogen-bond donors (Lipinski definition) is 0. The molecular formula is C23H26N2. The molecule has 2 nitrogen and oxygen atoms in total. The average Bonchev–Trinajstić information content (AvgIpc) is 3.33. The van der Waals surface area contributed by atoms with Gasteiger partial charge in [-0.25, -0.2) is 0 Å². The molecule has 2 fully saturated rings. The first kappa shape index (κ1) is 16.4. The van der Waals surface area contributed by atoms with E-state index in [1.54, 1.807) is 0 Å². The summed E-state index contributed by atoms with van der Waals surface area (Å²) in [5.74, 6) is 1.65. The molecule has 0 spiro atoms. The molecule has 1 aliphatic carbocycles. The Morgan fingerprint density at radius 3 is 2.32 bits per heavy atom. The van der Waals surface area contributed by atoms with Gasteiger partial charge in [0.25, 0.3) is 0 Å². The summed E-state index contributed by atoms with van der Waals surface area (Å²) in [6.45, 7) is 4.96. The highest BCUT2D eigenvalue weighted by Crippen LogP contribution is 2.50. The Bertz CT molecular complexity index is 754. The summed E-state index contributed by atoms with van der Waals surface area (Å²) in [4.78, 5) is 2.67. The van der Waals surface area contributed by atoms with E-state index in [0.29, 0.717) is 5.56 Å². The van der Waals surface area contributed by atoms with E-state index in [9.17, 15) is 0 Å². The van der Waals surface area contributed by atoms with Crippen LogP contribution in [0.5, 0.6) is 0 Å². The van der Waals surface area contributed by atoms with Gasteiger partial charge < -0.3 is 4.90 Å². The minimum Gasteiger partial charge on any atom is -0.301 e. The zero-order valence-electron chi connectivity index (χ0n) is 15.0. The van der Waals surface area contributed by atoms with Crippen molar-refractivity contribution in [3.63, 3.8) is 0 Å². The quantitative estimate of drug-likeness (QED) is 0.753. The number of likely N-dealkylation sites (tertiary alicyclic amines) is 1. The summed E-state index contributed by atoms with van der Waals surface area (Å²) >= 11 is 0. The molecule has 0 amide bonds. The van der Waals surface area contributed by atoms with E-state index < -0.39 is 0 Å². The van der Waals surface area contributed by atoms with E-state index in [0.717, 1.165) is 17.9 Å². The van der Waals surface area contributed by atoms with Crippen molar-refractivity contribution in [1.29, 1.82) is 5.26 Å². The molecule has 2 aromatic carbocycles. The minimum absolute atomic E-state index is 0.716. The van der Waals surface area contributed by atoms with Gasteiger partial charge in [0, 0.05) is 6.04 Å². The van der Waals surface area contributed by atoms with Crippen molar-refractivity contribution < 1.29 is 0 Å². The maximum atomic E-state index is 8.90. The van der Waals surface area contributed by atoms with E-state index in [-0.39, 0.29) is 0 Å². The average molecular weight is 330 g/mol. The molecule has 1 saturated carbocycles. The van der Waals surface area contributed by atoms with Crippen LogP contribution in [-0.2, 0) is 0 Å². The lowest BCUT2D eigenvalue weighted by Gasteiger charge is -2.20. The first-order chi connectivity index (χ1) is 12.2. The molecule has 0 bridgehead atoms. The number of rotatable bonds is 5. The highest BCUT2D eigenvalue weighted by molar-refractivity contribution is 5.64. The normalized spacial score (nSPS) is 25.7. The summed E-state index contributed by atoms with van der Waals surface area (Å²) in [7, 11) is 0. The summed E-state index contributed by atoms with van der Waals surface area (Å²) in [6, 6.07) is 19.9. The van der Waals surface area contributed by atoms with Crippen molar-refractivity contribution in [2.24, 2.45) is 5.92 Å². The maximum absolute atomic E-state index is 8.90. The zero-order valence-corrected chi connectivity index (χ0v) is 15.0. The minimum atomic E-state index is 0.716. The molecule has 25 heavy (non-hydrogen) atoms. The van der Waals surface area contributed by atoms with Crippen LogP contribution < -0.4 is 0 Å². The fourth-order valence-electron chi connectivity index (χ4n) is 4.29. The summed E-state index contributed by atoms with van der Waals surface area (Å²) in [5.41, 5.74) is 4.63. The van der Waals surface area contributed by atoms with Gasteiger partial charge in [0.1, 0.15) is 0 Å². The molecule has 0 radical (unpaired) electrons. The van der Waals surface area contributed by atoms with Crippen molar-refractivity contribution >= 4 is 0 Å². The third-order valence-electron chi connectivity index (χ3n) is 6.09. The Kier molecular flexibility index (Phi) is 4.59. The smallest absolute Gasteiger partial charge is 0.0991 e. The zero-order chi connectivity index (χ0) is 17.2. The predicted molar refractivity (Wildman–Crippen MR) is 102 cm³/mol. The Balaban J connectivity index is 1.34. The molecule has 1 saturated heterocycles. The van der Waals surface area contributed by atoms with Crippen molar-refractivity contribution in [2.75, 3.05) is 13.1 Å². The molecule has 128 valence electrons. The number of hydrogen-bond acceptors (Lipinski definition) is 2. The van der Waals surface area contributed by atoms with E-state index in [2.05, 4.69) is 42.2 Å². The third-order valence-corrected chi connectivity index (χ3v) is 6.09. The molecule has 1 aliphatic heterocycles. The van der Waals surface area contributed by atoms with E-state index in [4.69, 9.17) is 5.26 Å². The Labute approximate surface area is 151 Å². The lowest BCUT2D eigenvalue weighted by Crippen LogP contribution is -2.28. The van der Waals surface area contributed by atoms with Crippen molar-refractivity contribution in [3.05, 3.63) is 59.7 Å². The first-order valence-corrected chi connectivity index (χ1v) is 9.59. The molecule has 2 heteroatoms. The molecule has 2 aliphatic rings. The second-order valence-corrected chi connectivity index (χ2v) is 7.73. The van der Waals surface area contributed by atoms with Crippen LogP contribution in [0.25, 0.3) is 11.1 Å². The van der Waals surface area contributed by atoms with Gasteiger partial charge in [-0.05, 0) is 86.4 Å². The van der Waals surface area contributed by atoms with E-state index in [1.807, 2.05) is 24.3 Å². The first-order valence-electron chi connectivity index (χ1n) is 9.59. The van der Waals surface area contributed by atoms with Crippen molar-refractivity contribution in [3.8, 4) is 17.2 Å². The van der Waals surface area contributed by atoms with Crippen LogP contribution >= 0.6 is 0 Å². The highest BCUT2D eigenvalue weighted by Gasteiger charge is 2.38. The fourth-order valence-corrected chi connectivity index (χ4v) is 4.29. The molecule has 0 aromatic heterocycles. The van der Waals surface area contributed by atoms with E-state index in [1.165, 1.54) is 55.5 Å². The van der Waals surface area contributed by atoms with Crippen LogP contribution in [0.4, 0.5) is 0 Å².